The second-order valence-corrected chi connectivity index (χ2v) is 7.74. The fraction of sp³-hybridized carbons (Fsp3) is 0.333. The molecule has 0 radical (unpaired) electrons. The van der Waals surface area contributed by atoms with Gasteiger partial charge in [0.2, 0.25) is 0 Å². The lowest BCUT2D eigenvalue weighted by atomic mass is 10.2. The Labute approximate surface area is 166 Å². The Morgan fingerprint density at radius 1 is 1.41 bits per heavy atom. The Morgan fingerprint density at radius 3 is 2.89 bits per heavy atom. The molecule has 0 bridgehead atoms. The Bertz CT molecular complexity index is 986. The molecule has 1 saturated heterocycles. The Hall–Kier alpha value is -2.23. The first kappa shape index (κ1) is 19.5. The van der Waals surface area contributed by atoms with Crippen molar-refractivity contribution in [2.45, 2.75) is 26.3 Å². The van der Waals surface area contributed by atoms with Gasteiger partial charge in [0.05, 0.1) is 17.1 Å². The van der Waals surface area contributed by atoms with Crippen LogP contribution in [-0.2, 0) is 4.79 Å². The predicted octanol–water partition coefficient (Wildman–Crippen LogP) is 2.10. The summed E-state index contributed by atoms with van der Waals surface area (Å²) in [7, 11) is 0. The molecular weight excluding hydrogens is 384 g/mol. The van der Waals surface area contributed by atoms with Crippen LogP contribution in [0.1, 0.15) is 25.8 Å². The van der Waals surface area contributed by atoms with Gasteiger partial charge in [0.25, 0.3) is 11.5 Å². The molecule has 1 amide bonds. The van der Waals surface area contributed by atoms with Crippen LogP contribution in [0.5, 0.6) is 0 Å². The molecule has 0 spiro atoms. The van der Waals surface area contributed by atoms with E-state index in [4.69, 9.17) is 17.3 Å². The van der Waals surface area contributed by atoms with Crippen molar-refractivity contribution in [1.82, 2.24) is 14.3 Å². The third-order valence-electron chi connectivity index (χ3n) is 4.30. The summed E-state index contributed by atoms with van der Waals surface area (Å²) in [6.07, 6.45) is 3.95. The van der Waals surface area contributed by atoms with Crippen molar-refractivity contribution < 1.29 is 9.90 Å². The minimum absolute atomic E-state index is 0.00814. The maximum Gasteiger partial charge on any atom is 0.267 e. The molecule has 2 aromatic heterocycles. The number of carbonyl (C=O) groups excluding carboxylic acids is 1. The Morgan fingerprint density at radius 2 is 2.19 bits per heavy atom. The summed E-state index contributed by atoms with van der Waals surface area (Å²) in [5, 5.41) is 12.1. The van der Waals surface area contributed by atoms with Gasteiger partial charge in [-0.3, -0.25) is 18.9 Å². The lowest BCUT2D eigenvalue weighted by Gasteiger charge is -2.21. The summed E-state index contributed by atoms with van der Waals surface area (Å²) in [6, 6.07) is 5.24. The van der Waals surface area contributed by atoms with Gasteiger partial charge < -0.3 is 10.4 Å². The molecule has 3 heterocycles. The number of fused-ring (bicyclic) bond motifs is 1. The predicted molar refractivity (Wildman–Crippen MR) is 112 cm³/mol. The lowest BCUT2D eigenvalue weighted by Crippen LogP contribution is -2.36. The summed E-state index contributed by atoms with van der Waals surface area (Å²) >= 11 is 6.53. The van der Waals surface area contributed by atoms with Crippen LogP contribution in [0.4, 0.5) is 5.82 Å². The molecule has 0 unspecified atom stereocenters. The minimum Gasteiger partial charge on any atom is -0.395 e. The van der Waals surface area contributed by atoms with Crippen molar-refractivity contribution in [3.05, 3.63) is 45.2 Å². The van der Waals surface area contributed by atoms with E-state index in [1.54, 1.807) is 29.3 Å². The van der Waals surface area contributed by atoms with Crippen molar-refractivity contribution >= 4 is 51.7 Å². The van der Waals surface area contributed by atoms with Gasteiger partial charge in [0, 0.05) is 18.8 Å². The van der Waals surface area contributed by atoms with E-state index in [-0.39, 0.29) is 36.2 Å². The molecule has 0 aliphatic carbocycles. The van der Waals surface area contributed by atoms with Crippen LogP contribution in [0.15, 0.2) is 34.1 Å². The van der Waals surface area contributed by atoms with E-state index in [0.29, 0.717) is 20.7 Å². The lowest BCUT2D eigenvalue weighted by molar-refractivity contribution is -0.123. The second-order valence-electron chi connectivity index (χ2n) is 6.07. The van der Waals surface area contributed by atoms with Crippen LogP contribution in [0.2, 0.25) is 0 Å². The van der Waals surface area contributed by atoms with E-state index in [1.165, 1.54) is 22.2 Å². The van der Waals surface area contributed by atoms with Gasteiger partial charge in [-0.25, -0.2) is 4.98 Å². The zero-order valence-electron chi connectivity index (χ0n) is 15.0. The van der Waals surface area contributed by atoms with Crippen molar-refractivity contribution in [2.24, 2.45) is 0 Å². The number of carbonyl (C=O) groups is 1. The van der Waals surface area contributed by atoms with E-state index in [2.05, 4.69) is 10.3 Å². The number of nitrogens with one attached hydrogen (secondary N) is 1. The smallest absolute Gasteiger partial charge is 0.267 e. The number of thiocarbonyl (C=S) groups is 1. The molecule has 9 heteroatoms. The van der Waals surface area contributed by atoms with Gasteiger partial charge in [0.15, 0.2) is 0 Å². The highest BCUT2D eigenvalue weighted by atomic mass is 32.2. The van der Waals surface area contributed by atoms with Crippen LogP contribution >= 0.6 is 24.0 Å². The molecule has 142 valence electrons. The van der Waals surface area contributed by atoms with E-state index < -0.39 is 0 Å². The van der Waals surface area contributed by atoms with Gasteiger partial charge >= 0.3 is 0 Å². The fourth-order valence-corrected chi connectivity index (χ4v) is 4.16. The molecule has 27 heavy (non-hydrogen) atoms. The SMILES string of the molecule is CC[C@@H](C)N1C(=O)/C(=C/c2c(NCCO)nc3ccccn3c2=O)SC1=S. The van der Waals surface area contributed by atoms with Crippen molar-refractivity contribution in [3.8, 4) is 0 Å². The highest BCUT2D eigenvalue weighted by Gasteiger charge is 2.35. The molecule has 0 aromatic carbocycles. The molecule has 1 aliphatic heterocycles. The van der Waals surface area contributed by atoms with E-state index in [1.807, 2.05) is 13.8 Å². The number of pyridine rings is 1. The van der Waals surface area contributed by atoms with Gasteiger partial charge in [-0.15, -0.1) is 0 Å². The standard InChI is InChI=1S/C18H20N4O3S2/c1-3-11(2)22-17(25)13(27-18(22)26)10-12-15(19-7-9-23)20-14-6-4-5-8-21(14)16(12)24/h4-6,8,10-11,19,23H,3,7,9H2,1-2H3/b13-10-/t11-/m1/s1. The minimum atomic E-state index is -0.296. The highest BCUT2D eigenvalue weighted by molar-refractivity contribution is 8.26. The molecule has 3 rings (SSSR count). The summed E-state index contributed by atoms with van der Waals surface area (Å²) in [5.74, 6) is 0.124. The number of rotatable bonds is 6. The number of amides is 1. The number of thioether (sulfide) groups is 1. The topological polar surface area (TPSA) is 86.9 Å². The number of hydrogen-bond acceptors (Lipinski definition) is 7. The van der Waals surface area contributed by atoms with Gasteiger partial charge in [0.1, 0.15) is 15.8 Å². The van der Waals surface area contributed by atoms with Crippen LogP contribution in [0.3, 0.4) is 0 Å². The van der Waals surface area contributed by atoms with E-state index >= 15 is 0 Å². The maximum absolute atomic E-state index is 13.0. The number of aliphatic hydroxyl groups excluding tert-OH is 1. The van der Waals surface area contributed by atoms with Gasteiger partial charge in [-0.1, -0.05) is 37.0 Å². The number of aliphatic hydroxyl groups is 1. The van der Waals surface area contributed by atoms with Crippen LogP contribution in [0.25, 0.3) is 11.7 Å². The highest BCUT2D eigenvalue weighted by Crippen LogP contribution is 2.34. The summed E-state index contributed by atoms with van der Waals surface area (Å²) in [5.41, 5.74) is 0.443. The molecule has 2 aromatic rings. The second kappa shape index (κ2) is 8.20. The molecule has 1 fully saturated rings. The van der Waals surface area contributed by atoms with Crippen molar-refractivity contribution in [1.29, 1.82) is 0 Å². The van der Waals surface area contributed by atoms with Crippen LogP contribution in [-0.4, -0.2) is 48.8 Å². The van der Waals surface area contributed by atoms with Crippen molar-refractivity contribution in [3.63, 3.8) is 0 Å². The number of hydrogen-bond donors (Lipinski definition) is 2. The van der Waals surface area contributed by atoms with Crippen molar-refractivity contribution in [2.75, 3.05) is 18.5 Å². The molecule has 0 saturated carbocycles. The maximum atomic E-state index is 13.0. The van der Waals surface area contributed by atoms with E-state index in [9.17, 15) is 9.59 Å². The summed E-state index contributed by atoms with van der Waals surface area (Å²) in [6.45, 7) is 4.06. The van der Waals surface area contributed by atoms with Crippen LogP contribution < -0.4 is 10.9 Å². The summed E-state index contributed by atoms with van der Waals surface area (Å²) < 4.78 is 1.91. The van der Waals surface area contributed by atoms with Gasteiger partial charge in [-0.2, -0.15) is 0 Å². The Balaban J connectivity index is 2.11. The normalized spacial score (nSPS) is 17.1. The monoisotopic (exact) mass is 404 g/mol. The zero-order valence-corrected chi connectivity index (χ0v) is 16.6. The average Bonchev–Trinajstić information content (AvgIpc) is 2.95. The quantitative estimate of drug-likeness (QED) is 0.563. The number of nitrogens with zero attached hydrogens (tertiary/aromatic N) is 3. The molecule has 2 N–H and O–H groups in total. The number of aromatic nitrogens is 2. The molecular formula is C18H20N4O3S2. The van der Waals surface area contributed by atoms with Crippen LogP contribution in [0, 0.1) is 0 Å². The molecule has 7 nitrogen and oxygen atoms in total. The molecule has 1 atom stereocenters. The first-order valence-corrected chi connectivity index (χ1v) is 9.83. The zero-order chi connectivity index (χ0) is 19.6. The average molecular weight is 405 g/mol. The Kier molecular flexibility index (Phi) is 5.93. The molecule has 1 aliphatic rings. The number of anilines is 1. The third kappa shape index (κ3) is 3.76. The van der Waals surface area contributed by atoms with E-state index in [0.717, 1.165) is 6.42 Å². The first-order chi connectivity index (χ1) is 13.0. The summed E-state index contributed by atoms with van der Waals surface area (Å²) in [4.78, 5) is 32.2. The first-order valence-electron chi connectivity index (χ1n) is 8.61. The van der Waals surface area contributed by atoms with Gasteiger partial charge in [-0.05, 0) is 31.6 Å². The third-order valence-corrected chi connectivity index (χ3v) is 5.63. The fourth-order valence-electron chi connectivity index (χ4n) is 2.72. The largest absolute Gasteiger partial charge is 0.395 e.